The van der Waals surface area contributed by atoms with E-state index >= 15 is 0 Å². The SMILES string of the molecule is C[C@H](NC(=O)[C@@H](O)c1ccccc1)C(=O)Nc1cc(C(C)(C)c2cc(F)cc(F)c2)nn1C(C)(C)C. The average Bonchev–Trinajstić information content (AvgIpc) is 3.23. The third-order valence-corrected chi connectivity index (χ3v) is 5.94. The predicted molar refractivity (Wildman–Crippen MR) is 133 cm³/mol. The number of benzene rings is 2. The molecule has 0 fully saturated rings. The number of aliphatic hydroxyl groups is 1. The Hall–Kier alpha value is -3.59. The highest BCUT2D eigenvalue weighted by Gasteiger charge is 2.32. The number of aliphatic hydroxyl groups excluding tert-OH is 1. The number of aromatic nitrogens is 2. The summed E-state index contributed by atoms with van der Waals surface area (Å²) in [4.78, 5) is 25.4. The molecule has 3 aromatic rings. The van der Waals surface area contributed by atoms with Crippen molar-refractivity contribution < 1.29 is 23.5 Å². The molecule has 2 amide bonds. The second kappa shape index (κ2) is 10.2. The molecule has 0 saturated carbocycles. The van der Waals surface area contributed by atoms with Crippen molar-refractivity contribution in [2.45, 2.75) is 64.6 Å². The Kier molecular flexibility index (Phi) is 7.64. The number of nitrogens with one attached hydrogen (secondary N) is 2. The lowest BCUT2D eigenvalue weighted by molar-refractivity contribution is -0.132. The van der Waals surface area contributed by atoms with Crippen LogP contribution in [0.3, 0.4) is 0 Å². The van der Waals surface area contributed by atoms with E-state index in [9.17, 15) is 23.5 Å². The van der Waals surface area contributed by atoms with Gasteiger partial charge in [0.1, 0.15) is 23.5 Å². The Morgan fingerprint density at radius 3 is 2.08 bits per heavy atom. The normalized spacial score (nSPS) is 13.7. The van der Waals surface area contributed by atoms with Crippen LogP contribution in [0.2, 0.25) is 0 Å². The van der Waals surface area contributed by atoms with Crippen LogP contribution in [0.25, 0.3) is 0 Å². The van der Waals surface area contributed by atoms with Crippen LogP contribution in [0.4, 0.5) is 14.6 Å². The molecule has 0 aliphatic heterocycles. The molecule has 9 heteroatoms. The van der Waals surface area contributed by atoms with Gasteiger partial charge in [-0.15, -0.1) is 0 Å². The maximum atomic E-state index is 13.9. The molecule has 0 aliphatic rings. The number of halogens is 2. The van der Waals surface area contributed by atoms with Crippen molar-refractivity contribution >= 4 is 17.6 Å². The number of amides is 2. The minimum atomic E-state index is -1.42. The number of hydrogen-bond acceptors (Lipinski definition) is 4. The molecule has 3 N–H and O–H groups in total. The van der Waals surface area contributed by atoms with Gasteiger partial charge >= 0.3 is 0 Å². The minimum Gasteiger partial charge on any atom is -0.378 e. The van der Waals surface area contributed by atoms with Crippen LogP contribution >= 0.6 is 0 Å². The highest BCUT2D eigenvalue weighted by molar-refractivity contribution is 5.97. The van der Waals surface area contributed by atoms with Gasteiger partial charge in [0.05, 0.1) is 11.2 Å². The van der Waals surface area contributed by atoms with Crippen LogP contribution in [-0.2, 0) is 20.5 Å². The molecule has 0 spiro atoms. The quantitative estimate of drug-likeness (QED) is 0.449. The Morgan fingerprint density at radius 1 is 0.944 bits per heavy atom. The zero-order chi connectivity index (χ0) is 26.8. The fraction of sp³-hybridized carbons (Fsp3) is 0.370. The summed E-state index contributed by atoms with van der Waals surface area (Å²) in [5.41, 5.74) is -0.117. The Balaban J connectivity index is 1.84. The molecular formula is C27H32F2N4O3. The summed E-state index contributed by atoms with van der Waals surface area (Å²) in [6.45, 7) is 10.8. The van der Waals surface area contributed by atoms with Crippen LogP contribution in [0.1, 0.15) is 64.5 Å². The molecule has 2 atom stereocenters. The fourth-order valence-corrected chi connectivity index (χ4v) is 3.73. The summed E-state index contributed by atoms with van der Waals surface area (Å²) in [5.74, 6) is -2.25. The van der Waals surface area contributed by atoms with Crippen LogP contribution in [0.5, 0.6) is 0 Å². The fourth-order valence-electron chi connectivity index (χ4n) is 3.73. The summed E-state index contributed by atoms with van der Waals surface area (Å²) in [7, 11) is 0. The second-order valence-electron chi connectivity index (χ2n) is 10.3. The van der Waals surface area contributed by atoms with E-state index < -0.39 is 46.5 Å². The van der Waals surface area contributed by atoms with Gasteiger partial charge in [-0.25, -0.2) is 13.5 Å². The van der Waals surface area contributed by atoms with Crippen molar-refractivity contribution in [2.75, 3.05) is 5.32 Å². The number of carbonyl (C=O) groups excluding carboxylic acids is 2. The summed E-state index contributed by atoms with van der Waals surface area (Å²) in [6, 6.07) is 12.4. The Bertz CT molecular complexity index is 1230. The van der Waals surface area contributed by atoms with Gasteiger partial charge in [0.25, 0.3) is 5.91 Å². The van der Waals surface area contributed by atoms with Crippen molar-refractivity contribution in [2.24, 2.45) is 0 Å². The largest absolute Gasteiger partial charge is 0.378 e. The first kappa shape index (κ1) is 27.0. The number of carbonyl (C=O) groups is 2. The van der Waals surface area contributed by atoms with E-state index in [4.69, 9.17) is 0 Å². The molecule has 1 aromatic heterocycles. The van der Waals surface area contributed by atoms with Gasteiger partial charge in [-0.3, -0.25) is 9.59 Å². The first-order valence-electron chi connectivity index (χ1n) is 11.6. The van der Waals surface area contributed by atoms with Gasteiger partial charge in [-0.1, -0.05) is 44.2 Å². The number of anilines is 1. The zero-order valence-corrected chi connectivity index (χ0v) is 21.3. The first-order valence-corrected chi connectivity index (χ1v) is 11.6. The molecule has 0 unspecified atom stereocenters. The van der Waals surface area contributed by atoms with Crippen LogP contribution < -0.4 is 10.6 Å². The van der Waals surface area contributed by atoms with Crippen LogP contribution in [0, 0.1) is 11.6 Å². The van der Waals surface area contributed by atoms with Crippen molar-refractivity contribution in [3.05, 3.63) is 83.1 Å². The number of rotatable bonds is 7. The summed E-state index contributed by atoms with van der Waals surface area (Å²) >= 11 is 0. The molecule has 0 bridgehead atoms. The van der Waals surface area contributed by atoms with Crippen LogP contribution in [-0.4, -0.2) is 32.7 Å². The molecule has 0 aliphatic carbocycles. The minimum absolute atomic E-state index is 0.358. The lowest BCUT2D eigenvalue weighted by atomic mass is 9.81. The summed E-state index contributed by atoms with van der Waals surface area (Å²) in [6.07, 6.45) is -1.42. The standard InChI is InChI=1S/C27H32F2N4O3/c1-16(30-25(36)23(34)17-10-8-7-9-11-17)24(35)31-22-15-21(32-33(22)26(2,3)4)27(5,6)18-12-19(28)14-20(29)13-18/h7-16,23,34H,1-6H3,(H,30,36)(H,31,35)/t16-,23-/m0/s1. The van der Waals surface area contributed by atoms with Gasteiger partial charge in [-0.2, -0.15) is 5.10 Å². The Morgan fingerprint density at radius 2 is 1.53 bits per heavy atom. The maximum absolute atomic E-state index is 13.9. The smallest absolute Gasteiger partial charge is 0.254 e. The molecule has 2 aromatic carbocycles. The molecular weight excluding hydrogens is 466 g/mol. The van der Waals surface area contributed by atoms with Gasteiger partial charge in [0.15, 0.2) is 6.10 Å². The lowest BCUT2D eigenvalue weighted by Gasteiger charge is -2.25. The molecule has 0 radical (unpaired) electrons. The highest BCUT2D eigenvalue weighted by Crippen LogP contribution is 2.34. The average molecular weight is 499 g/mol. The predicted octanol–water partition coefficient (Wildman–Crippen LogP) is 4.42. The van der Waals surface area contributed by atoms with Gasteiger partial charge < -0.3 is 15.7 Å². The highest BCUT2D eigenvalue weighted by atomic mass is 19.1. The molecule has 3 rings (SSSR count). The third kappa shape index (κ3) is 5.96. The summed E-state index contributed by atoms with van der Waals surface area (Å²) in [5, 5.41) is 20.3. The molecule has 192 valence electrons. The maximum Gasteiger partial charge on any atom is 0.254 e. The van der Waals surface area contributed by atoms with E-state index in [-0.39, 0.29) is 0 Å². The molecule has 7 nitrogen and oxygen atoms in total. The second-order valence-corrected chi connectivity index (χ2v) is 10.3. The molecule has 1 heterocycles. The summed E-state index contributed by atoms with van der Waals surface area (Å²) < 4.78 is 29.4. The van der Waals surface area contributed by atoms with Gasteiger partial charge in [-0.05, 0) is 51.0 Å². The van der Waals surface area contributed by atoms with Crippen molar-refractivity contribution in [3.8, 4) is 0 Å². The third-order valence-electron chi connectivity index (χ3n) is 5.94. The van der Waals surface area contributed by atoms with E-state index in [2.05, 4.69) is 15.7 Å². The monoisotopic (exact) mass is 498 g/mol. The topological polar surface area (TPSA) is 96.2 Å². The molecule has 36 heavy (non-hydrogen) atoms. The van der Waals surface area contributed by atoms with Crippen molar-refractivity contribution in [1.82, 2.24) is 15.1 Å². The van der Waals surface area contributed by atoms with E-state index in [1.165, 1.54) is 19.1 Å². The first-order chi connectivity index (χ1) is 16.7. The zero-order valence-electron chi connectivity index (χ0n) is 21.3. The van der Waals surface area contributed by atoms with Crippen molar-refractivity contribution in [3.63, 3.8) is 0 Å². The van der Waals surface area contributed by atoms with E-state index in [1.54, 1.807) is 54.9 Å². The van der Waals surface area contributed by atoms with E-state index in [0.29, 0.717) is 22.6 Å². The molecule has 0 saturated heterocycles. The van der Waals surface area contributed by atoms with Crippen LogP contribution in [0.15, 0.2) is 54.6 Å². The number of hydrogen-bond donors (Lipinski definition) is 3. The van der Waals surface area contributed by atoms with E-state index in [1.807, 2.05) is 20.8 Å². The van der Waals surface area contributed by atoms with E-state index in [0.717, 1.165) is 6.07 Å². The van der Waals surface area contributed by atoms with Crippen molar-refractivity contribution in [1.29, 1.82) is 0 Å². The Labute approximate surface area is 209 Å². The lowest BCUT2D eigenvalue weighted by Crippen LogP contribution is -2.44. The number of nitrogens with zero attached hydrogens (tertiary/aromatic N) is 2. The van der Waals surface area contributed by atoms with Gasteiger partial charge in [0, 0.05) is 17.5 Å². The van der Waals surface area contributed by atoms with Gasteiger partial charge in [0.2, 0.25) is 5.91 Å².